The number of amides is 1. The lowest BCUT2D eigenvalue weighted by Crippen LogP contribution is -2.12. The standard InChI is InChI=1S/C5H7N3O3S/c6-5(9)4-1-3(2-8-4)12(7,10)11/h1-2,8H,(H2,6,9)(H2,7,10,11). The summed E-state index contributed by atoms with van der Waals surface area (Å²) >= 11 is 0. The Morgan fingerprint density at radius 2 is 2.08 bits per heavy atom. The first-order chi connectivity index (χ1) is 5.41. The largest absolute Gasteiger partial charge is 0.364 e. The van der Waals surface area contributed by atoms with Crippen LogP contribution in [0.25, 0.3) is 0 Å². The second kappa shape index (κ2) is 2.61. The zero-order valence-corrected chi connectivity index (χ0v) is 6.76. The average molecular weight is 189 g/mol. The van der Waals surface area contributed by atoms with Crippen molar-refractivity contribution in [3.05, 3.63) is 18.0 Å². The van der Waals surface area contributed by atoms with Crippen LogP contribution >= 0.6 is 0 Å². The van der Waals surface area contributed by atoms with Crippen LogP contribution in [0.4, 0.5) is 0 Å². The lowest BCUT2D eigenvalue weighted by Gasteiger charge is -1.87. The first kappa shape index (κ1) is 8.75. The number of hydrogen-bond acceptors (Lipinski definition) is 3. The maximum Gasteiger partial charge on any atom is 0.265 e. The quantitative estimate of drug-likeness (QED) is 0.539. The van der Waals surface area contributed by atoms with Gasteiger partial charge in [-0.25, -0.2) is 13.6 Å². The molecule has 7 heteroatoms. The van der Waals surface area contributed by atoms with E-state index in [-0.39, 0.29) is 10.6 Å². The molecule has 6 nitrogen and oxygen atoms in total. The number of nitrogens with two attached hydrogens (primary N) is 2. The smallest absolute Gasteiger partial charge is 0.265 e. The summed E-state index contributed by atoms with van der Waals surface area (Å²) in [5.74, 6) is -0.732. The number of carbonyl (C=O) groups is 1. The molecule has 0 unspecified atom stereocenters. The summed E-state index contributed by atoms with van der Waals surface area (Å²) in [5.41, 5.74) is 4.88. The third-order valence-electron chi connectivity index (χ3n) is 1.25. The number of carbonyl (C=O) groups excluding carboxylic acids is 1. The number of primary sulfonamides is 1. The van der Waals surface area contributed by atoms with Crippen molar-refractivity contribution in [2.45, 2.75) is 4.90 Å². The van der Waals surface area contributed by atoms with Crippen molar-refractivity contribution in [2.24, 2.45) is 10.9 Å². The first-order valence-electron chi connectivity index (χ1n) is 2.92. The second-order valence-electron chi connectivity index (χ2n) is 2.16. The van der Waals surface area contributed by atoms with Gasteiger partial charge < -0.3 is 10.7 Å². The van der Waals surface area contributed by atoms with Crippen LogP contribution in [0.2, 0.25) is 0 Å². The summed E-state index contributed by atoms with van der Waals surface area (Å²) in [6, 6.07) is 1.08. The van der Waals surface area contributed by atoms with Crippen molar-refractivity contribution in [1.82, 2.24) is 4.98 Å². The topological polar surface area (TPSA) is 119 Å². The normalized spacial score (nSPS) is 11.4. The minimum atomic E-state index is -3.75. The molecule has 1 heterocycles. The fourth-order valence-corrected chi connectivity index (χ4v) is 1.19. The van der Waals surface area contributed by atoms with Gasteiger partial charge in [-0.15, -0.1) is 0 Å². The van der Waals surface area contributed by atoms with Crippen LogP contribution in [0.5, 0.6) is 0 Å². The van der Waals surface area contributed by atoms with Gasteiger partial charge >= 0.3 is 0 Å². The number of aromatic amines is 1. The van der Waals surface area contributed by atoms with Gasteiger partial charge in [0.1, 0.15) is 5.69 Å². The summed E-state index contributed by atoms with van der Waals surface area (Å²) in [5, 5.41) is 4.77. The van der Waals surface area contributed by atoms with Crippen LogP contribution in [-0.4, -0.2) is 19.3 Å². The van der Waals surface area contributed by atoms with E-state index in [1.807, 2.05) is 0 Å². The van der Waals surface area contributed by atoms with Crippen molar-refractivity contribution >= 4 is 15.9 Å². The molecule has 0 saturated heterocycles. The third kappa shape index (κ3) is 1.63. The molecule has 0 fully saturated rings. The number of sulfonamides is 1. The van der Waals surface area contributed by atoms with Gasteiger partial charge in [0, 0.05) is 6.20 Å². The molecule has 0 bridgehead atoms. The highest BCUT2D eigenvalue weighted by atomic mass is 32.2. The molecule has 1 rings (SSSR count). The molecule has 0 radical (unpaired) electrons. The molecule has 12 heavy (non-hydrogen) atoms. The molecule has 0 atom stereocenters. The molecule has 66 valence electrons. The molecule has 1 amide bonds. The maximum absolute atomic E-state index is 10.7. The highest BCUT2D eigenvalue weighted by Gasteiger charge is 2.12. The van der Waals surface area contributed by atoms with Gasteiger partial charge in [0.05, 0.1) is 4.90 Å². The number of hydrogen-bond donors (Lipinski definition) is 3. The first-order valence-corrected chi connectivity index (χ1v) is 4.47. The Labute approximate surface area is 68.6 Å². The van der Waals surface area contributed by atoms with Gasteiger partial charge in [-0.2, -0.15) is 0 Å². The van der Waals surface area contributed by atoms with E-state index in [4.69, 9.17) is 10.9 Å². The Morgan fingerprint density at radius 1 is 1.50 bits per heavy atom. The number of primary amides is 1. The minimum absolute atomic E-state index is 0.0130. The number of aromatic nitrogens is 1. The fourth-order valence-electron chi connectivity index (χ4n) is 0.681. The molecule has 0 aliphatic carbocycles. The second-order valence-corrected chi connectivity index (χ2v) is 3.72. The Bertz CT molecular complexity index is 405. The lowest BCUT2D eigenvalue weighted by molar-refractivity contribution is 0.0996. The Morgan fingerprint density at radius 3 is 2.33 bits per heavy atom. The highest BCUT2D eigenvalue weighted by Crippen LogP contribution is 2.07. The molecule has 0 saturated carbocycles. The van der Waals surface area contributed by atoms with Crippen molar-refractivity contribution in [1.29, 1.82) is 0 Å². The Kier molecular flexibility index (Phi) is 1.90. The van der Waals surface area contributed by atoms with E-state index >= 15 is 0 Å². The molecular formula is C5H7N3O3S. The van der Waals surface area contributed by atoms with E-state index in [1.54, 1.807) is 0 Å². The van der Waals surface area contributed by atoms with Crippen molar-refractivity contribution < 1.29 is 13.2 Å². The van der Waals surface area contributed by atoms with E-state index in [0.717, 1.165) is 12.3 Å². The Balaban J connectivity index is 3.17. The molecular weight excluding hydrogens is 182 g/mol. The molecule has 0 aromatic carbocycles. The van der Waals surface area contributed by atoms with E-state index in [1.165, 1.54) is 0 Å². The van der Waals surface area contributed by atoms with E-state index < -0.39 is 15.9 Å². The summed E-state index contributed by atoms with van der Waals surface area (Å²) < 4.78 is 21.3. The summed E-state index contributed by atoms with van der Waals surface area (Å²) in [6.45, 7) is 0. The number of rotatable bonds is 2. The summed E-state index contributed by atoms with van der Waals surface area (Å²) in [6.07, 6.45) is 1.11. The van der Waals surface area contributed by atoms with Crippen molar-refractivity contribution in [3.63, 3.8) is 0 Å². The lowest BCUT2D eigenvalue weighted by atomic mass is 10.4. The van der Waals surface area contributed by atoms with Crippen LogP contribution in [-0.2, 0) is 10.0 Å². The Hall–Kier alpha value is -1.34. The number of H-pyrrole nitrogens is 1. The summed E-state index contributed by atoms with van der Waals surface area (Å²) in [4.78, 5) is 12.7. The monoisotopic (exact) mass is 189 g/mol. The van der Waals surface area contributed by atoms with Crippen molar-refractivity contribution in [3.8, 4) is 0 Å². The SMILES string of the molecule is NC(=O)c1cc(S(N)(=O)=O)c[nH]1. The molecule has 0 aliphatic rings. The average Bonchev–Trinajstić information content (AvgIpc) is 2.30. The van der Waals surface area contributed by atoms with Crippen LogP contribution in [0.3, 0.4) is 0 Å². The minimum Gasteiger partial charge on any atom is -0.364 e. The molecule has 0 aliphatic heterocycles. The highest BCUT2D eigenvalue weighted by molar-refractivity contribution is 7.89. The maximum atomic E-state index is 10.7. The molecule has 5 N–H and O–H groups in total. The zero-order valence-electron chi connectivity index (χ0n) is 5.94. The van der Waals surface area contributed by atoms with Gasteiger partial charge in [0.15, 0.2) is 0 Å². The van der Waals surface area contributed by atoms with Gasteiger partial charge in [-0.3, -0.25) is 4.79 Å². The van der Waals surface area contributed by atoms with E-state index in [9.17, 15) is 13.2 Å². The number of nitrogens with one attached hydrogen (secondary N) is 1. The molecule has 1 aromatic rings. The van der Waals surface area contributed by atoms with Crippen molar-refractivity contribution in [2.75, 3.05) is 0 Å². The van der Waals surface area contributed by atoms with E-state index in [0.29, 0.717) is 0 Å². The predicted molar refractivity (Wildman–Crippen MR) is 40.7 cm³/mol. The van der Waals surface area contributed by atoms with Gasteiger partial charge in [-0.05, 0) is 6.07 Å². The van der Waals surface area contributed by atoms with Gasteiger partial charge in [0.25, 0.3) is 5.91 Å². The van der Waals surface area contributed by atoms with Crippen LogP contribution < -0.4 is 10.9 Å². The zero-order chi connectivity index (χ0) is 9.35. The van der Waals surface area contributed by atoms with E-state index in [2.05, 4.69) is 4.98 Å². The van der Waals surface area contributed by atoms with Crippen LogP contribution in [0.1, 0.15) is 10.5 Å². The van der Waals surface area contributed by atoms with Gasteiger partial charge in [0.2, 0.25) is 10.0 Å². The van der Waals surface area contributed by atoms with Crippen LogP contribution in [0, 0.1) is 0 Å². The summed E-state index contributed by atoms with van der Waals surface area (Å²) in [7, 11) is -3.75. The van der Waals surface area contributed by atoms with Crippen LogP contribution in [0.15, 0.2) is 17.2 Å². The van der Waals surface area contributed by atoms with Gasteiger partial charge in [-0.1, -0.05) is 0 Å². The third-order valence-corrected chi connectivity index (χ3v) is 2.14. The predicted octanol–water partition coefficient (Wildman–Crippen LogP) is -1.24. The molecule has 1 aromatic heterocycles. The fraction of sp³-hybridized carbons (Fsp3) is 0. The molecule has 0 spiro atoms.